The molecule has 0 amide bonds. The third-order valence-corrected chi connectivity index (χ3v) is 24.5. The Morgan fingerprint density at radius 2 is 1.01 bits per heavy atom. The minimum Gasteiger partial charge on any atom is -0.455 e. The van der Waals surface area contributed by atoms with E-state index in [-0.39, 0.29) is 61.1 Å². The third kappa shape index (κ3) is 5.98. The van der Waals surface area contributed by atoms with Crippen LogP contribution < -0.4 is 0 Å². The molecule has 0 aromatic carbocycles. The van der Waals surface area contributed by atoms with E-state index in [1.807, 2.05) is 41.5 Å². The highest BCUT2D eigenvalue weighted by atomic mass is 16.7. The number of ether oxygens (including phenoxy) is 5. The molecule has 75 heavy (non-hydrogen) atoms. The van der Waals surface area contributed by atoms with Crippen LogP contribution >= 0.6 is 0 Å². The van der Waals surface area contributed by atoms with E-state index in [9.17, 15) is 59.7 Å². The van der Waals surface area contributed by atoms with Crippen LogP contribution in [-0.4, -0.2) is 147 Å². The SMILES string of the molecule is CC(=O)O[C@@H]1C=CC(=O)[C@]2(C)C3CC[C@]4(C)[C@](O)([C@@](C)(O)C5CC(C)=C(C)C(=O)O5)CC[C@@]4(O)C3C[C@H]3O[C@]132.CC1=C(C)C(=O)OC([C@](C)(O)[C@]2(O)CC[C@@]3(O)C4C[C@H]5O[C@]56[C@H](O)C=CC(=O)[C@]6(C)C4CC[C@]23C)C1. The molecule has 0 radical (unpaired) electrons. The molecule has 2 saturated heterocycles. The maximum absolute atomic E-state index is 13.6. The lowest BCUT2D eigenvalue weighted by Gasteiger charge is -2.63. The second kappa shape index (κ2) is 15.8. The molecule has 17 heteroatoms. The summed E-state index contributed by atoms with van der Waals surface area (Å²) >= 11 is 0. The minimum absolute atomic E-state index is 0.0933. The van der Waals surface area contributed by atoms with Crippen LogP contribution in [-0.2, 0) is 47.7 Å². The first-order chi connectivity index (χ1) is 34.6. The van der Waals surface area contributed by atoms with Gasteiger partial charge in [0.15, 0.2) is 17.7 Å². The molecule has 8 fully saturated rings. The largest absolute Gasteiger partial charge is 0.455 e. The summed E-state index contributed by atoms with van der Waals surface area (Å²) in [6, 6.07) is 0. The highest BCUT2D eigenvalue weighted by Gasteiger charge is 2.87. The molecule has 0 bridgehead atoms. The van der Waals surface area contributed by atoms with Gasteiger partial charge in [0.2, 0.25) is 0 Å². The molecular weight excluding hydrogens is 969 g/mol. The van der Waals surface area contributed by atoms with Crippen LogP contribution in [0, 0.1) is 45.3 Å². The number of aliphatic hydroxyl groups excluding tert-OH is 1. The molecule has 2 spiro atoms. The first-order valence-corrected chi connectivity index (χ1v) is 27.4. The summed E-state index contributed by atoms with van der Waals surface area (Å²) in [5.41, 5.74) is -13.5. The average molecular weight is 1050 g/mol. The zero-order valence-electron chi connectivity index (χ0n) is 45.3. The van der Waals surface area contributed by atoms with E-state index in [0.29, 0.717) is 62.5 Å². The highest BCUT2D eigenvalue weighted by Crippen LogP contribution is 2.77. The van der Waals surface area contributed by atoms with Gasteiger partial charge in [-0.3, -0.25) is 14.4 Å². The van der Waals surface area contributed by atoms with Gasteiger partial charge in [-0.25, -0.2) is 9.59 Å². The molecular formula is C58H78O17. The van der Waals surface area contributed by atoms with E-state index >= 15 is 0 Å². The van der Waals surface area contributed by atoms with Gasteiger partial charge < -0.3 is 59.4 Å². The van der Waals surface area contributed by atoms with E-state index in [2.05, 4.69) is 0 Å². The van der Waals surface area contributed by atoms with Crippen molar-refractivity contribution in [1.29, 1.82) is 0 Å². The Bertz CT molecular complexity index is 2720. The Balaban J connectivity index is 0.000000161. The zero-order valence-corrected chi connectivity index (χ0v) is 45.3. The fourth-order valence-corrected chi connectivity index (χ4v) is 19.1. The predicted molar refractivity (Wildman–Crippen MR) is 264 cm³/mol. The summed E-state index contributed by atoms with van der Waals surface area (Å²) in [7, 11) is 0. The van der Waals surface area contributed by atoms with Crippen LogP contribution in [0.25, 0.3) is 0 Å². The molecule has 17 nitrogen and oxygen atoms in total. The van der Waals surface area contributed by atoms with Gasteiger partial charge in [-0.15, -0.1) is 0 Å². The van der Waals surface area contributed by atoms with Crippen LogP contribution in [0.4, 0.5) is 0 Å². The van der Waals surface area contributed by atoms with Gasteiger partial charge in [0.1, 0.15) is 51.9 Å². The van der Waals surface area contributed by atoms with Gasteiger partial charge in [0.25, 0.3) is 0 Å². The molecule has 412 valence electrons. The number of hydrogen-bond donors (Lipinski definition) is 7. The fraction of sp³-hybridized carbons (Fsp3) is 0.776. The van der Waals surface area contributed by atoms with Gasteiger partial charge >= 0.3 is 17.9 Å². The van der Waals surface area contributed by atoms with Crippen molar-refractivity contribution in [2.75, 3.05) is 0 Å². The predicted octanol–water partition coefficient (Wildman–Crippen LogP) is 4.02. The maximum Gasteiger partial charge on any atom is 0.334 e. The fourth-order valence-electron chi connectivity index (χ4n) is 19.1. The minimum atomic E-state index is -1.83. The van der Waals surface area contributed by atoms with Crippen LogP contribution in [0.15, 0.2) is 46.6 Å². The Kier molecular flexibility index (Phi) is 11.2. The van der Waals surface area contributed by atoms with E-state index in [0.717, 1.165) is 11.1 Å². The van der Waals surface area contributed by atoms with Crippen molar-refractivity contribution in [1.82, 2.24) is 0 Å². The second-order valence-electron chi connectivity index (χ2n) is 26.6. The van der Waals surface area contributed by atoms with E-state index in [4.69, 9.17) is 23.7 Å². The van der Waals surface area contributed by atoms with Crippen molar-refractivity contribution in [2.45, 2.75) is 235 Å². The first-order valence-electron chi connectivity index (χ1n) is 27.4. The molecule has 4 aliphatic heterocycles. The lowest BCUT2D eigenvalue weighted by molar-refractivity contribution is -0.283. The number of ketones is 2. The van der Waals surface area contributed by atoms with E-state index < -0.39 is 121 Å². The summed E-state index contributed by atoms with van der Waals surface area (Å²) in [6.45, 7) is 18.8. The number of fused-ring (bicyclic) bond motifs is 8. The quantitative estimate of drug-likeness (QED) is 0.116. The van der Waals surface area contributed by atoms with Crippen molar-refractivity contribution < 1.29 is 83.4 Å². The number of cyclic esters (lactones) is 2. The molecule has 4 heterocycles. The summed E-state index contributed by atoms with van der Waals surface area (Å²) in [5.74, 6) is -2.93. The van der Waals surface area contributed by atoms with Crippen LogP contribution in [0.5, 0.6) is 0 Å². The standard InChI is InChI=1S/C30H40O9.C28H38O8/c1-15-13-22(38-24(33)16(15)2)27(6,34)29(36)12-11-28(35)19-14-23-30(39-23)21(37-17(3)31)8-7-20(32)26(30,5)18(19)9-10-25(28,29)4;1-14-12-20(35-22(31)15(14)2)25(5,32)27(34)11-10-26(33)17-13-21-28(36-21)19(30)7-6-18(29)24(28,4)16(17)8-9-23(26,27)3/h7-8,18-19,21-23,34-36H,9-14H2,1-6H3;6-7,16-17,19-21,30,32-34H,8-13H2,1-5H3/t18?,19?,21-,22?,23-,25+,26+,27+,28-,29+,30-;16?,17?,19-,20?,21-,23+,24+,25+,26-,27+,28-/m11/s1. The van der Waals surface area contributed by atoms with Crippen molar-refractivity contribution in [3.8, 4) is 0 Å². The second-order valence-corrected chi connectivity index (χ2v) is 26.6. The first kappa shape index (κ1) is 53.4. The number of hydrogen-bond acceptors (Lipinski definition) is 17. The van der Waals surface area contributed by atoms with Gasteiger partial charge in [0, 0.05) is 41.7 Å². The van der Waals surface area contributed by atoms with Gasteiger partial charge in [0.05, 0.1) is 34.2 Å². The Hall–Kier alpha value is -3.65. The number of aliphatic hydroxyl groups is 7. The normalized spacial score (nSPS) is 53.4. The number of rotatable bonds is 5. The number of esters is 3. The molecule has 6 saturated carbocycles. The van der Waals surface area contributed by atoms with Gasteiger partial charge in [-0.2, -0.15) is 0 Å². The number of allylic oxidation sites excluding steroid dienone is 2. The van der Waals surface area contributed by atoms with Crippen LogP contribution in [0.1, 0.15) is 153 Å². The van der Waals surface area contributed by atoms with Crippen molar-refractivity contribution in [3.05, 3.63) is 46.6 Å². The maximum atomic E-state index is 13.6. The lowest BCUT2D eigenvalue weighted by atomic mass is 9.42. The third-order valence-electron chi connectivity index (χ3n) is 24.5. The van der Waals surface area contributed by atoms with Gasteiger partial charge in [-0.1, -0.05) is 25.0 Å². The topological polar surface area (TPSA) is 280 Å². The summed E-state index contributed by atoms with van der Waals surface area (Å²) < 4.78 is 29.3. The molecule has 22 atom stereocenters. The van der Waals surface area contributed by atoms with Gasteiger partial charge in [-0.05, 0) is 168 Å². The Labute approximate surface area is 438 Å². The molecule has 8 aliphatic carbocycles. The lowest BCUT2D eigenvalue weighted by Crippen LogP contribution is -2.73. The van der Waals surface area contributed by atoms with Crippen molar-refractivity contribution in [3.63, 3.8) is 0 Å². The van der Waals surface area contributed by atoms with Crippen molar-refractivity contribution in [2.24, 2.45) is 45.3 Å². The number of carbonyl (C=O) groups is 5. The summed E-state index contributed by atoms with van der Waals surface area (Å²) in [5, 5.41) is 84.5. The summed E-state index contributed by atoms with van der Waals surface area (Å²) in [6.07, 6.45) is 5.82. The Morgan fingerprint density at radius 3 is 1.44 bits per heavy atom. The van der Waals surface area contributed by atoms with E-state index in [1.54, 1.807) is 19.9 Å². The smallest absolute Gasteiger partial charge is 0.334 e. The molecule has 7 N–H and O–H groups in total. The molecule has 6 unspecified atom stereocenters. The Morgan fingerprint density at radius 1 is 0.613 bits per heavy atom. The van der Waals surface area contributed by atoms with Crippen LogP contribution in [0.3, 0.4) is 0 Å². The average Bonchev–Trinajstić information content (AvgIpc) is 4.32. The molecule has 12 rings (SSSR count). The summed E-state index contributed by atoms with van der Waals surface area (Å²) in [4.78, 5) is 63.8. The molecule has 12 aliphatic rings. The molecule has 0 aromatic rings. The van der Waals surface area contributed by atoms with E-state index in [1.165, 1.54) is 39.0 Å². The number of carbonyl (C=O) groups excluding carboxylic acids is 5. The zero-order chi connectivity index (χ0) is 54.8. The van der Waals surface area contributed by atoms with Crippen molar-refractivity contribution >= 4 is 29.5 Å². The number of epoxide rings is 2. The monoisotopic (exact) mass is 1050 g/mol. The molecule has 0 aromatic heterocycles. The van der Waals surface area contributed by atoms with Crippen LogP contribution in [0.2, 0.25) is 0 Å². The highest BCUT2D eigenvalue weighted by molar-refractivity contribution is 5.99.